The first kappa shape index (κ1) is 12.9. The van der Waals surface area contributed by atoms with Gasteiger partial charge in [0.1, 0.15) is 18.2 Å². The summed E-state index contributed by atoms with van der Waals surface area (Å²) in [4.78, 5) is 2.48. The third kappa shape index (κ3) is 3.25. The van der Waals surface area contributed by atoms with E-state index < -0.39 is 0 Å². The fraction of sp³-hybridized carbons (Fsp3) is 0.600. The monoisotopic (exact) mass is 264 g/mol. The molecule has 4 heteroatoms. The van der Waals surface area contributed by atoms with Crippen LogP contribution in [0.3, 0.4) is 0 Å². The van der Waals surface area contributed by atoms with Crippen LogP contribution in [0.5, 0.6) is 5.75 Å². The maximum atomic E-state index is 12.8. The number of likely N-dealkylation sites (tertiary alicyclic amines) is 1. The Balaban J connectivity index is 1.41. The van der Waals surface area contributed by atoms with Crippen molar-refractivity contribution >= 4 is 0 Å². The molecule has 0 amide bonds. The summed E-state index contributed by atoms with van der Waals surface area (Å²) in [5, 5.41) is 3.48. The Kier molecular flexibility index (Phi) is 3.99. The van der Waals surface area contributed by atoms with Crippen molar-refractivity contribution in [3.63, 3.8) is 0 Å². The number of piperidine rings is 1. The Labute approximate surface area is 113 Å². The third-order valence-electron chi connectivity index (χ3n) is 4.28. The van der Waals surface area contributed by atoms with Gasteiger partial charge in [-0.05, 0) is 62.2 Å². The molecule has 104 valence electrons. The Morgan fingerprint density at radius 3 is 2.84 bits per heavy atom. The van der Waals surface area contributed by atoms with Crippen LogP contribution in [0, 0.1) is 17.7 Å². The molecule has 0 spiro atoms. The zero-order valence-electron chi connectivity index (χ0n) is 11.1. The molecule has 0 bridgehead atoms. The smallest absolute Gasteiger partial charge is 0.123 e. The maximum absolute atomic E-state index is 12.8. The van der Waals surface area contributed by atoms with Gasteiger partial charge in [0.15, 0.2) is 0 Å². The van der Waals surface area contributed by atoms with Crippen LogP contribution in [-0.4, -0.2) is 44.2 Å². The van der Waals surface area contributed by atoms with Gasteiger partial charge in [0, 0.05) is 13.1 Å². The number of halogens is 1. The quantitative estimate of drug-likeness (QED) is 0.896. The molecule has 2 aliphatic heterocycles. The molecular formula is C15H21FN2O. The van der Waals surface area contributed by atoms with Crippen molar-refractivity contribution in [3.05, 3.63) is 30.1 Å². The Morgan fingerprint density at radius 1 is 1.21 bits per heavy atom. The predicted molar refractivity (Wildman–Crippen MR) is 72.8 cm³/mol. The molecule has 2 aliphatic rings. The minimum Gasteiger partial charge on any atom is -0.492 e. The molecule has 3 nitrogen and oxygen atoms in total. The number of rotatable bonds is 4. The molecule has 0 radical (unpaired) electrons. The minimum atomic E-state index is -0.219. The number of hydrogen-bond donors (Lipinski definition) is 1. The summed E-state index contributed by atoms with van der Waals surface area (Å²) in [6, 6.07) is 6.24. The molecule has 0 saturated carbocycles. The first-order valence-corrected chi connectivity index (χ1v) is 7.13. The van der Waals surface area contributed by atoms with Crippen molar-refractivity contribution in [2.45, 2.75) is 6.42 Å². The molecule has 0 aliphatic carbocycles. The van der Waals surface area contributed by atoms with E-state index in [4.69, 9.17) is 4.74 Å². The minimum absolute atomic E-state index is 0.219. The zero-order chi connectivity index (χ0) is 13.1. The van der Waals surface area contributed by atoms with Crippen LogP contribution in [0.4, 0.5) is 4.39 Å². The van der Waals surface area contributed by atoms with Gasteiger partial charge in [-0.25, -0.2) is 4.39 Å². The fourth-order valence-electron chi connectivity index (χ4n) is 3.14. The summed E-state index contributed by atoms with van der Waals surface area (Å²) in [5.74, 6) is 2.23. The van der Waals surface area contributed by atoms with Crippen LogP contribution in [0.2, 0.25) is 0 Å². The van der Waals surface area contributed by atoms with Gasteiger partial charge in [0.2, 0.25) is 0 Å². The molecule has 2 unspecified atom stereocenters. The summed E-state index contributed by atoms with van der Waals surface area (Å²) >= 11 is 0. The number of fused-ring (bicyclic) bond motifs is 1. The van der Waals surface area contributed by atoms with Crippen molar-refractivity contribution < 1.29 is 9.13 Å². The van der Waals surface area contributed by atoms with Gasteiger partial charge in [-0.3, -0.25) is 4.90 Å². The van der Waals surface area contributed by atoms with Crippen molar-refractivity contribution in [3.8, 4) is 5.75 Å². The zero-order valence-corrected chi connectivity index (χ0v) is 11.1. The fourth-order valence-corrected chi connectivity index (χ4v) is 3.14. The summed E-state index contributed by atoms with van der Waals surface area (Å²) in [7, 11) is 0. The molecule has 2 saturated heterocycles. The van der Waals surface area contributed by atoms with Gasteiger partial charge in [0.05, 0.1) is 0 Å². The number of benzene rings is 1. The third-order valence-corrected chi connectivity index (χ3v) is 4.28. The lowest BCUT2D eigenvalue weighted by atomic mass is 9.89. The highest BCUT2D eigenvalue weighted by atomic mass is 19.1. The standard InChI is InChI=1S/C15H21FN2O/c16-14-1-3-15(4-2-14)19-8-7-18-6-5-12-9-17-10-13(12)11-18/h1-4,12-13,17H,5-11H2. The van der Waals surface area contributed by atoms with Gasteiger partial charge < -0.3 is 10.1 Å². The first-order chi connectivity index (χ1) is 9.31. The Bertz CT molecular complexity index is 409. The van der Waals surface area contributed by atoms with Gasteiger partial charge in [-0.1, -0.05) is 0 Å². The maximum Gasteiger partial charge on any atom is 0.123 e. The molecular weight excluding hydrogens is 243 g/mol. The van der Waals surface area contributed by atoms with Crippen LogP contribution in [0.25, 0.3) is 0 Å². The molecule has 0 aromatic heterocycles. The summed E-state index contributed by atoms with van der Waals surface area (Å²) in [6.45, 7) is 6.36. The lowest BCUT2D eigenvalue weighted by Crippen LogP contribution is -2.41. The van der Waals surface area contributed by atoms with E-state index in [1.165, 1.54) is 44.7 Å². The van der Waals surface area contributed by atoms with E-state index >= 15 is 0 Å². The van der Waals surface area contributed by atoms with E-state index in [1.54, 1.807) is 12.1 Å². The largest absolute Gasteiger partial charge is 0.492 e. The highest BCUT2D eigenvalue weighted by molar-refractivity contribution is 5.21. The average Bonchev–Trinajstić information content (AvgIpc) is 2.88. The van der Waals surface area contributed by atoms with Crippen LogP contribution >= 0.6 is 0 Å². The van der Waals surface area contributed by atoms with E-state index in [0.29, 0.717) is 6.61 Å². The average molecular weight is 264 g/mol. The van der Waals surface area contributed by atoms with Crippen molar-refractivity contribution in [1.82, 2.24) is 10.2 Å². The SMILES string of the molecule is Fc1ccc(OCCN2CCC3CNCC3C2)cc1. The lowest BCUT2D eigenvalue weighted by molar-refractivity contribution is 0.127. The van der Waals surface area contributed by atoms with E-state index in [1.807, 2.05) is 0 Å². The van der Waals surface area contributed by atoms with Gasteiger partial charge in [-0.15, -0.1) is 0 Å². The van der Waals surface area contributed by atoms with E-state index in [-0.39, 0.29) is 5.82 Å². The van der Waals surface area contributed by atoms with Gasteiger partial charge in [0.25, 0.3) is 0 Å². The van der Waals surface area contributed by atoms with Crippen molar-refractivity contribution in [2.24, 2.45) is 11.8 Å². The van der Waals surface area contributed by atoms with Gasteiger partial charge >= 0.3 is 0 Å². The highest BCUT2D eigenvalue weighted by Crippen LogP contribution is 2.26. The number of nitrogens with one attached hydrogen (secondary N) is 1. The normalized spacial score (nSPS) is 27.2. The lowest BCUT2D eigenvalue weighted by Gasteiger charge is -2.34. The molecule has 19 heavy (non-hydrogen) atoms. The molecule has 1 aromatic rings. The van der Waals surface area contributed by atoms with Crippen LogP contribution in [-0.2, 0) is 0 Å². The second-order valence-corrected chi connectivity index (χ2v) is 5.57. The highest BCUT2D eigenvalue weighted by Gasteiger charge is 2.32. The van der Waals surface area contributed by atoms with Crippen molar-refractivity contribution in [2.75, 3.05) is 39.3 Å². The molecule has 2 fully saturated rings. The summed E-state index contributed by atoms with van der Waals surface area (Å²) in [6.07, 6.45) is 1.30. The van der Waals surface area contributed by atoms with Gasteiger partial charge in [-0.2, -0.15) is 0 Å². The first-order valence-electron chi connectivity index (χ1n) is 7.13. The van der Waals surface area contributed by atoms with E-state index in [2.05, 4.69) is 10.2 Å². The van der Waals surface area contributed by atoms with E-state index in [9.17, 15) is 4.39 Å². The topological polar surface area (TPSA) is 24.5 Å². The molecule has 1 N–H and O–H groups in total. The van der Waals surface area contributed by atoms with Crippen molar-refractivity contribution in [1.29, 1.82) is 0 Å². The second-order valence-electron chi connectivity index (χ2n) is 5.57. The summed E-state index contributed by atoms with van der Waals surface area (Å²) in [5.41, 5.74) is 0. The Hall–Kier alpha value is -1.13. The molecule has 2 heterocycles. The van der Waals surface area contributed by atoms with Crippen LogP contribution in [0.1, 0.15) is 6.42 Å². The number of ether oxygens (including phenoxy) is 1. The number of nitrogens with zero attached hydrogens (tertiary/aromatic N) is 1. The second kappa shape index (κ2) is 5.88. The van der Waals surface area contributed by atoms with Crippen LogP contribution in [0.15, 0.2) is 24.3 Å². The molecule has 1 aromatic carbocycles. The number of hydrogen-bond acceptors (Lipinski definition) is 3. The van der Waals surface area contributed by atoms with E-state index in [0.717, 1.165) is 24.1 Å². The molecule has 3 rings (SSSR count). The Morgan fingerprint density at radius 2 is 2.00 bits per heavy atom. The molecule has 2 atom stereocenters. The van der Waals surface area contributed by atoms with Crippen LogP contribution < -0.4 is 10.1 Å². The summed E-state index contributed by atoms with van der Waals surface area (Å²) < 4.78 is 18.4. The predicted octanol–water partition coefficient (Wildman–Crippen LogP) is 1.75.